The summed E-state index contributed by atoms with van der Waals surface area (Å²) in [5.41, 5.74) is 8.98. The number of nitrogens with two attached hydrogens (primary N) is 1. The molecule has 0 aliphatic heterocycles. The summed E-state index contributed by atoms with van der Waals surface area (Å²) in [6.07, 6.45) is 3.80. The summed E-state index contributed by atoms with van der Waals surface area (Å²) in [7, 11) is 5.23. The van der Waals surface area contributed by atoms with Crippen molar-refractivity contribution in [1.29, 1.82) is 0 Å². The first kappa shape index (κ1) is 21.0. The summed E-state index contributed by atoms with van der Waals surface area (Å²) in [6, 6.07) is 7.51. The monoisotopic (exact) mass is 353 g/mol. The fourth-order valence-electron chi connectivity index (χ4n) is 2.38. The maximum atomic E-state index is 13.3. The second-order valence-corrected chi connectivity index (χ2v) is 5.85. The number of benzene rings is 1. The van der Waals surface area contributed by atoms with Gasteiger partial charge in [-0.1, -0.05) is 31.2 Å². The fraction of sp³-hybridized carbons (Fsp3) is 0.300. The largest absolute Gasteiger partial charge is 0.402 e. The number of hydrogen-bond acceptors (Lipinski definition) is 4. The highest BCUT2D eigenvalue weighted by atomic mass is 16.1. The Kier molecular flexibility index (Phi) is 8.15. The maximum absolute atomic E-state index is 13.3. The highest BCUT2D eigenvalue weighted by molar-refractivity contribution is 6.16. The molecule has 0 atom stereocenters. The fourth-order valence-corrected chi connectivity index (χ4v) is 2.38. The van der Waals surface area contributed by atoms with Crippen LogP contribution in [-0.4, -0.2) is 50.7 Å². The van der Waals surface area contributed by atoms with Crippen LogP contribution in [0.5, 0.6) is 0 Å². The maximum Gasteiger partial charge on any atom is 0.224 e. The van der Waals surface area contributed by atoms with E-state index in [4.69, 9.17) is 5.73 Å². The molecule has 0 aromatic heterocycles. The smallest absolute Gasteiger partial charge is 0.224 e. The Bertz CT molecular complexity index is 781. The van der Waals surface area contributed by atoms with Crippen molar-refractivity contribution in [3.05, 3.63) is 58.4 Å². The van der Waals surface area contributed by atoms with Gasteiger partial charge in [0.15, 0.2) is 5.78 Å². The molecule has 0 saturated carbocycles. The number of aliphatic imine (C=N–C) groups is 3. The molecule has 0 amide bonds. The molecule has 0 bridgehead atoms. The lowest BCUT2D eigenvalue weighted by atomic mass is 9.93. The molecule has 1 aromatic rings. The number of ketones is 1. The molecule has 26 heavy (non-hydrogen) atoms. The lowest BCUT2D eigenvalue weighted by molar-refractivity contribution is 0.103. The average Bonchev–Trinajstić information content (AvgIpc) is 2.63. The van der Waals surface area contributed by atoms with Crippen LogP contribution < -0.4 is 5.73 Å². The molecular weight excluding hydrogens is 326 g/mol. The minimum absolute atomic E-state index is 0.159. The van der Waals surface area contributed by atoms with Crippen LogP contribution in [0.25, 0.3) is 0 Å². The number of hydrogen-bond donors (Lipinski definition) is 1. The van der Waals surface area contributed by atoms with Gasteiger partial charge in [-0.05, 0) is 25.6 Å². The Hall–Kier alpha value is -3.02. The summed E-state index contributed by atoms with van der Waals surface area (Å²) in [5, 5.41) is 0. The van der Waals surface area contributed by atoms with Crippen molar-refractivity contribution in [2.75, 3.05) is 21.1 Å². The van der Waals surface area contributed by atoms with Gasteiger partial charge in [-0.15, -0.1) is 0 Å². The number of guanidine groups is 1. The van der Waals surface area contributed by atoms with Crippen LogP contribution in [0.3, 0.4) is 0 Å². The van der Waals surface area contributed by atoms with Crippen LogP contribution >= 0.6 is 0 Å². The van der Waals surface area contributed by atoms with Gasteiger partial charge in [-0.25, -0.2) is 9.98 Å². The Morgan fingerprint density at radius 3 is 2.46 bits per heavy atom. The minimum Gasteiger partial charge on any atom is -0.402 e. The topological polar surface area (TPSA) is 83.4 Å². The van der Waals surface area contributed by atoms with Gasteiger partial charge in [-0.3, -0.25) is 9.79 Å². The number of aryl methyl sites for hydroxylation is 1. The number of allylic oxidation sites excluding steroid dienone is 3. The van der Waals surface area contributed by atoms with E-state index in [2.05, 4.69) is 21.7 Å². The van der Waals surface area contributed by atoms with E-state index in [0.29, 0.717) is 28.4 Å². The van der Waals surface area contributed by atoms with Gasteiger partial charge in [0.05, 0.1) is 5.57 Å². The second kappa shape index (κ2) is 10.1. The zero-order chi connectivity index (χ0) is 19.7. The number of carbonyl (C=O) groups is 1. The van der Waals surface area contributed by atoms with E-state index >= 15 is 0 Å². The normalized spacial score (nSPS) is 13.6. The van der Waals surface area contributed by atoms with Crippen LogP contribution in [0, 0.1) is 0 Å². The highest BCUT2D eigenvalue weighted by Crippen LogP contribution is 2.21. The predicted molar refractivity (Wildman–Crippen MR) is 110 cm³/mol. The summed E-state index contributed by atoms with van der Waals surface area (Å²) in [6.45, 7) is 7.25. The summed E-state index contributed by atoms with van der Waals surface area (Å²) in [5.74, 6) is 0.231. The molecule has 0 radical (unpaired) electrons. The number of nitrogens with zero attached hydrogens (tertiary/aromatic N) is 4. The molecule has 6 heteroatoms. The molecule has 0 fully saturated rings. The molecule has 2 N–H and O–H groups in total. The van der Waals surface area contributed by atoms with Crippen LogP contribution in [0.2, 0.25) is 0 Å². The van der Waals surface area contributed by atoms with Crippen molar-refractivity contribution in [1.82, 2.24) is 4.90 Å². The van der Waals surface area contributed by atoms with Gasteiger partial charge in [0.25, 0.3) is 0 Å². The molecule has 138 valence electrons. The van der Waals surface area contributed by atoms with E-state index in [1.165, 1.54) is 6.20 Å². The molecule has 1 aromatic carbocycles. The second-order valence-electron chi connectivity index (χ2n) is 5.85. The van der Waals surface area contributed by atoms with E-state index in [9.17, 15) is 4.79 Å². The number of Topliss-reactive ketones (excluding diaryl/α,β-unsaturated/α-hetero) is 1. The third kappa shape index (κ3) is 5.24. The van der Waals surface area contributed by atoms with Crippen molar-refractivity contribution >= 4 is 24.7 Å². The van der Waals surface area contributed by atoms with Gasteiger partial charge in [0, 0.05) is 50.4 Å². The first-order valence-electron chi connectivity index (χ1n) is 8.30. The van der Waals surface area contributed by atoms with Crippen molar-refractivity contribution in [3.8, 4) is 0 Å². The van der Waals surface area contributed by atoms with E-state index < -0.39 is 0 Å². The SMILES string of the molecule is C=NC(=N/C=C(/C(=O)c1ccccc1CC)C(C=NC)=C(C)N)N(C)C. The number of carbonyl (C=O) groups excluding carboxylic acids is 1. The van der Waals surface area contributed by atoms with Crippen molar-refractivity contribution in [2.45, 2.75) is 20.3 Å². The van der Waals surface area contributed by atoms with Crippen LogP contribution in [-0.2, 0) is 6.42 Å². The third-order valence-electron chi connectivity index (χ3n) is 3.71. The van der Waals surface area contributed by atoms with E-state index in [0.717, 1.165) is 12.0 Å². The first-order chi connectivity index (χ1) is 12.4. The summed E-state index contributed by atoms with van der Waals surface area (Å²) >= 11 is 0. The zero-order valence-corrected chi connectivity index (χ0v) is 16.2. The van der Waals surface area contributed by atoms with Crippen molar-refractivity contribution in [3.63, 3.8) is 0 Å². The Morgan fingerprint density at radius 2 is 1.96 bits per heavy atom. The quantitative estimate of drug-likeness (QED) is 0.281. The van der Waals surface area contributed by atoms with Gasteiger partial charge >= 0.3 is 0 Å². The van der Waals surface area contributed by atoms with Crippen LogP contribution in [0.15, 0.2) is 62.3 Å². The Labute approximate surface area is 155 Å². The highest BCUT2D eigenvalue weighted by Gasteiger charge is 2.19. The number of rotatable bonds is 6. The van der Waals surface area contributed by atoms with Gasteiger partial charge in [0.2, 0.25) is 5.96 Å². The van der Waals surface area contributed by atoms with E-state index in [1.54, 1.807) is 39.2 Å². The molecule has 0 heterocycles. The zero-order valence-electron chi connectivity index (χ0n) is 16.2. The van der Waals surface area contributed by atoms with E-state index in [-0.39, 0.29) is 5.78 Å². The Balaban J connectivity index is 3.62. The molecule has 1 rings (SSSR count). The van der Waals surface area contributed by atoms with Gasteiger partial charge < -0.3 is 10.6 Å². The first-order valence-corrected chi connectivity index (χ1v) is 8.30. The lowest BCUT2D eigenvalue weighted by Gasteiger charge is -2.13. The molecule has 0 aliphatic carbocycles. The predicted octanol–water partition coefficient (Wildman–Crippen LogP) is 2.87. The molecule has 0 aliphatic rings. The molecule has 0 saturated heterocycles. The van der Waals surface area contributed by atoms with Crippen LogP contribution in [0.1, 0.15) is 29.8 Å². The van der Waals surface area contributed by atoms with E-state index in [1.807, 2.05) is 31.2 Å². The standard InChI is InChI=1S/C20H27N5O/c1-7-15-10-8-9-11-16(15)19(26)18(17(12-22-3)14(2)21)13-24-20(23-4)25(5)6/h8-13H,4,7,21H2,1-3,5-6H3/b17-14?,18-13+,22-12?,24-20?. The van der Waals surface area contributed by atoms with Crippen LogP contribution in [0.4, 0.5) is 0 Å². The Morgan fingerprint density at radius 1 is 1.31 bits per heavy atom. The molecule has 0 spiro atoms. The lowest BCUT2D eigenvalue weighted by Crippen LogP contribution is -2.19. The summed E-state index contributed by atoms with van der Waals surface area (Å²) in [4.78, 5) is 27.2. The van der Waals surface area contributed by atoms with Crippen molar-refractivity contribution in [2.24, 2.45) is 20.7 Å². The average molecular weight is 353 g/mol. The minimum atomic E-state index is -0.159. The summed E-state index contributed by atoms with van der Waals surface area (Å²) < 4.78 is 0. The van der Waals surface area contributed by atoms with Gasteiger partial charge in [0.1, 0.15) is 0 Å². The van der Waals surface area contributed by atoms with Crippen molar-refractivity contribution < 1.29 is 4.79 Å². The van der Waals surface area contributed by atoms with Gasteiger partial charge in [-0.2, -0.15) is 0 Å². The molecule has 6 nitrogen and oxygen atoms in total. The third-order valence-corrected chi connectivity index (χ3v) is 3.71. The molecular formula is C20H27N5O. The molecule has 0 unspecified atom stereocenters.